The van der Waals surface area contributed by atoms with E-state index < -0.39 is 17.7 Å². The van der Waals surface area contributed by atoms with Gasteiger partial charge in [-0.05, 0) is 74.1 Å². The van der Waals surface area contributed by atoms with Crippen molar-refractivity contribution in [3.05, 3.63) is 34.9 Å². The first kappa shape index (κ1) is 26.1. The molecule has 1 atom stereocenters. The molecule has 0 fully saturated rings. The molecule has 0 radical (unpaired) electrons. The lowest BCUT2D eigenvalue weighted by atomic mass is 10.1. The summed E-state index contributed by atoms with van der Waals surface area (Å²) < 4.78 is 10.6. The molecule has 28 heavy (non-hydrogen) atoms. The molecule has 0 bridgehead atoms. The molecule has 1 N–H and O–H groups in total. The zero-order valence-corrected chi connectivity index (χ0v) is 18.8. The van der Waals surface area contributed by atoms with Gasteiger partial charge < -0.3 is 19.6 Å². The summed E-state index contributed by atoms with van der Waals surface area (Å²) in [6.07, 6.45) is 10.8. The Morgan fingerprint density at radius 2 is 1.54 bits per heavy atom. The second-order valence-electron chi connectivity index (χ2n) is 8.39. The van der Waals surface area contributed by atoms with Crippen LogP contribution < -0.4 is 5.32 Å². The lowest BCUT2D eigenvalue weighted by Gasteiger charge is -2.21. The SMILES string of the molecule is CC(C)=CCC/C(C)=C/CC/C(C)=C/COCC(C=O)NC(=O)OC(C)(C)C. The maximum Gasteiger partial charge on any atom is 0.408 e. The third kappa shape index (κ3) is 16.3. The van der Waals surface area contributed by atoms with E-state index in [1.54, 1.807) is 20.8 Å². The average molecular weight is 394 g/mol. The number of amides is 1. The van der Waals surface area contributed by atoms with E-state index in [1.165, 1.54) is 16.7 Å². The van der Waals surface area contributed by atoms with E-state index in [2.05, 4.69) is 45.2 Å². The quantitative estimate of drug-likeness (QED) is 0.269. The summed E-state index contributed by atoms with van der Waals surface area (Å²) in [4.78, 5) is 22.7. The van der Waals surface area contributed by atoms with Crippen LogP contribution in [0.2, 0.25) is 0 Å². The third-order valence-corrected chi connectivity index (χ3v) is 3.84. The summed E-state index contributed by atoms with van der Waals surface area (Å²) in [5.41, 5.74) is 3.43. The Bertz CT molecular complexity index is 564. The average Bonchev–Trinajstić information content (AvgIpc) is 2.55. The summed E-state index contributed by atoms with van der Waals surface area (Å²) in [5.74, 6) is 0. The van der Waals surface area contributed by atoms with Crippen molar-refractivity contribution in [2.45, 2.75) is 85.8 Å². The maximum absolute atomic E-state index is 11.7. The summed E-state index contributed by atoms with van der Waals surface area (Å²) in [7, 11) is 0. The van der Waals surface area contributed by atoms with Crippen LogP contribution in [0.3, 0.4) is 0 Å². The van der Waals surface area contributed by atoms with Gasteiger partial charge in [-0.2, -0.15) is 0 Å². The number of rotatable bonds is 12. The number of allylic oxidation sites excluding steroid dienone is 5. The molecular formula is C23H39NO4. The fourth-order valence-corrected chi connectivity index (χ4v) is 2.31. The van der Waals surface area contributed by atoms with Crippen molar-refractivity contribution in [2.24, 2.45) is 0 Å². The molecule has 0 aromatic heterocycles. The highest BCUT2D eigenvalue weighted by Gasteiger charge is 2.19. The summed E-state index contributed by atoms with van der Waals surface area (Å²) >= 11 is 0. The van der Waals surface area contributed by atoms with Crippen LogP contribution in [-0.4, -0.2) is 37.2 Å². The first-order valence-corrected chi connectivity index (χ1v) is 10.0. The van der Waals surface area contributed by atoms with Gasteiger partial charge in [0, 0.05) is 0 Å². The van der Waals surface area contributed by atoms with Crippen LogP contribution in [0.4, 0.5) is 4.79 Å². The summed E-state index contributed by atoms with van der Waals surface area (Å²) in [6.45, 7) is 14.3. The minimum atomic E-state index is -0.713. The minimum absolute atomic E-state index is 0.121. The van der Waals surface area contributed by atoms with Crippen LogP contribution in [0.15, 0.2) is 34.9 Å². The van der Waals surface area contributed by atoms with Gasteiger partial charge in [-0.25, -0.2) is 4.79 Å². The van der Waals surface area contributed by atoms with Gasteiger partial charge in [-0.1, -0.05) is 34.9 Å². The molecule has 5 nitrogen and oxygen atoms in total. The van der Waals surface area contributed by atoms with Crippen LogP contribution in [0, 0.1) is 0 Å². The van der Waals surface area contributed by atoms with Gasteiger partial charge in [-0.15, -0.1) is 0 Å². The van der Waals surface area contributed by atoms with Crippen LogP contribution in [0.25, 0.3) is 0 Å². The van der Waals surface area contributed by atoms with Gasteiger partial charge in [0.25, 0.3) is 0 Å². The zero-order valence-electron chi connectivity index (χ0n) is 18.8. The van der Waals surface area contributed by atoms with E-state index in [9.17, 15) is 9.59 Å². The van der Waals surface area contributed by atoms with Crippen LogP contribution in [-0.2, 0) is 14.3 Å². The number of nitrogens with one attached hydrogen (secondary N) is 1. The lowest BCUT2D eigenvalue weighted by Crippen LogP contribution is -2.42. The molecule has 5 heteroatoms. The molecular weight excluding hydrogens is 354 g/mol. The molecule has 0 heterocycles. The van der Waals surface area contributed by atoms with Crippen LogP contribution in [0.5, 0.6) is 0 Å². The Kier molecular flexibility index (Phi) is 13.2. The molecule has 1 amide bonds. The second-order valence-corrected chi connectivity index (χ2v) is 8.39. The standard InChI is InChI=1S/C23H39NO4/c1-18(2)10-8-11-19(3)12-9-13-20(4)14-15-27-17-21(16-25)24-22(26)28-23(5,6)7/h10,12,14,16,21H,8-9,11,13,15,17H2,1-7H3,(H,24,26)/b19-12+,20-14+. The van der Waals surface area contributed by atoms with E-state index in [4.69, 9.17) is 9.47 Å². The Balaban J connectivity index is 4.11. The van der Waals surface area contributed by atoms with Crippen molar-refractivity contribution in [3.63, 3.8) is 0 Å². The molecule has 0 saturated heterocycles. The van der Waals surface area contributed by atoms with Crippen molar-refractivity contribution in [2.75, 3.05) is 13.2 Å². The summed E-state index contributed by atoms with van der Waals surface area (Å²) in [6, 6.07) is -0.713. The van der Waals surface area contributed by atoms with Crippen molar-refractivity contribution < 1.29 is 19.1 Å². The molecule has 0 aromatic rings. The zero-order chi connectivity index (χ0) is 21.6. The Morgan fingerprint density at radius 3 is 2.07 bits per heavy atom. The Labute approximate surface area is 171 Å². The Morgan fingerprint density at radius 1 is 0.964 bits per heavy atom. The normalized spacial score (nSPS) is 13.7. The molecule has 0 rings (SSSR count). The molecule has 0 aliphatic carbocycles. The molecule has 0 saturated carbocycles. The number of ether oxygens (including phenoxy) is 2. The van der Waals surface area contributed by atoms with Crippen molar-refractivity contribution in [1.29, 1.82) is 0 Å². The number of aldehydes is 1. The van der Waals surface area contributed by atoms with Gasteiger partial charge in [0.1, 0.15) is 17.9 Å². The van der Waals surface area contributed by atoms with Gasteiger partial charge in [-0.3, -0.25) is 0 Å². The van der Waals surface area contributed by atoms with E-state index >= 15 is 0 Å². The smallest absolute Gasteiger partial charge is 0.408 e. The van der Waals surface area contributed by atoms with Crippen molar-refractivity contribution in [1.82, 2.24) is 5.32 Å². The molecule has 0 aliphatic rings. The molecule has 1 unspecified atom stereocenters. The predicted molar refractivity (Wildman–Crippen MR) is 115 cm³/mol. The maximum atomic E-state index is 11.7. The van der Waals surface area contributed by atoms with Crippen molar-refractivity contribution >= 4 is 12.4 Å². The van der Waals surface area contributed by atoms with Gasteiger partial charge >= 0.3 is 6.09 Å². The van der Waals surface area contributed by atoms with Crippen molar-refractivity contribution in [3.8, 4) is 0 Å². The number of alkyl carbamates (subject to hydrolysis) is 1. The van der Waals surface area contributed by atoms with Gasteiger partial charge in [0.15, 0.2) is 0 Å². The largest absolute Gasteiger partial charge is 0.444 e. The van der Waals surface area contributed by atoms with E-state index in [1.807, 2.05) is 6.08 Å². The highest BCUT2D eigenvalue weighted by atomic mass is 16.6. The number of carbonyl (C=O) groups excluding carboxylic acids is 2. The van der Waals surface area contributed by atoms with E-state index in [-0.39, 0.29) is 6.61 Å². The monoisotopic (exact) mass is 393 g/mol. The molecule has 0 aliphatic heterocycles. The first-order valence-electron chi connectivity index (χ1n) is 10.0. The predicted octanol–water partition coefficient (Wildman–Crippen LogP) is 5.51. The number of carbonyl (C=O) groups is 2. The highest BCUT2D eigenvalue weighted by molar-refractivity contribution is 5.73. The minimum Gasteiger partial charge on any atom is -0.444 e. The fraction of sp³-hybridized carbons (Fsp3) is 0.652. The third-order valence-electron chi connectivity index (χ3n) is 3.84. The molecule has 160 valence electrons. The molecule has 0 aromatic carbocycles. The van der Waals surface area contributed by atoms with Gasteiger partial charge in [0.05, 0.1) is 13.2 Å². The Hall–Kier alpha value is -1.88. The van der Waals surface area contributed by atoms with Gasteiger partial charge in [0.2, 0.25) is 0 Å². The summed E-state index contributed by atoms with van der Waals surface area (Å²) in [5, 5.41) is 2.49. The second kappa shape index (κ2) is 14.2. The van der Waals surface area contributed by atoms with Crippen LogP contribution >= 0.6 is 0 Å². The van der Waals surface area contributed by atoms with E-state index in [0.29, 0.717) is 12.9 Å². The van der Waals surface area contributed by atoms with Crippen LogP contribution in [0.1, 0.15) is 74.1 Å². The number of hydrogen-bond donors (Lipinski definition) is 1. The molecule has 0 spiro atoms. The van der Waals surface area contributed by atoms with E-state index in [0.717, 1.165) is 25.7 Å². The number of hydrogen-bond acceptors (Lipinski definition) is 4. The first-order chi connectivity index (χ1) is 13.0. The fourth-order valence-electron chi connectivity index (χ4n) is 2.31. The topological polar surface area (TPSA) is 64.6 Å². The lowest BCUT2D eigenvalue weighted by molar-refractivity contribution is -0.110. The highest BCUT2D eigenvalue weighted by Crippen LogP contribution is 2.11.